The van der Waals surface area contributed by atoms with Gasteiger partial charge in [0.2, 0.25) is 5.91 Å². The van der Waals surface area contributed by atoms with Crippen molar-refractivity contribution >= 4 is 45.8 Å². The van der Waals surface area contributed by atoms with Crippen molar-refractivity contribution in [3.8, 4) is 0 Å². The molecular formula is C33H41Cl2N7O. The first-order valence-corrected chi connectivity index (χ1v) is 15.5. The van der Waals surface area contributed by atoms with Gasteiger partial charge in [0.1, 0.15) is 11.6 Å². The number of para-hydroxylation sites is 1. The highest BCUT2D eigenvalue weighted by Crippen LogP contribution is 2.28. The Morgan fingerprint density at radius 3 is 2.53 bits per heavy atom. The number of nitrogens with two attached hydrogens (primary N) is 2. The summed E-state index contributed by atoms with van der Waals surface area (Å²) in [5.74, 6) is 1.17. The standard InChI is InChI=1S/C33H41Cl2N7O/c1-2-8-25(34)9-7-13-30(24-14-16-26(35)17-15-24)42-21-19-41(20-22-42)23-31-39-29-12-4-3-10-27(29)33(40-31)38-18-6-5-11-28(36)32(37)43/h2-4,7-10,12,14-17,28,30H,1,5-6,11,13,18-23,36H2,(H2,37,43)(H,38,39,40)/b9-7-,25-8+. The maximum Gasteiger partial charge on any atom is 0.234 e. The minimum Gasteiger partial charge on any atom is -0.369 e. The number of fused-ring (bicyclic) bond motifs is 1. The van der Waals surface area contributed by atoms with E-state index in [4.69, 9.17) is 44.6 Å². The van der Waals surface area contributed by atoms with Crippen LogP contribution in [0.4, 0.5) is 5.82 Å². The number of amides is 1. The lowest BCUT2D eigenvalue weighted by Crippen LogP contribution is -2.47. The van der Waals surface area contributed by atoms with Crippen molar-refractivity contribution in [1.29, 1.82) is 0 Å². The molecule has 1 aliphatic heterocycles. The number of carbonyl (C=O) groups is 1. The second-order valence-corrected chi connectivity index (χ2v) is 11.6. The molecule has 1 fully saturated rings. The third-order valence-corrected chi connectivity index (χ3v) is 8.13. The SMILES string of the molecule is C=C/C=C(Cl)\C=C/CC(c1ccc(Cl)cc1)N1CCN(Cc2nc(NCCCCC(N)C(N)=O)c3ccccc3n2)CC1. The number of aromatic nitrogens is 2. The fourth-order valence-electron chi connectivity index (χ4n) is 5.26. The van der Waals surface area contributed by atoms with Crippen LogP contribution in [0, 0.1) is 0 Å². The summed E-state index contributed by atoms with van der Waals surface area (Å²) in [5.41, 5.74) is 13.2. The summed E-state index contributed by atoms with van der Waals surface area (Å²) in [5, 5.41) is 5.86. The monoisotopic (exact) mass is 621 g/mol. The highest BCUT2D eigenvalue weighted by Gasteiger charge is 2.25. The van der Waals surface area contributed by atoms with Crippen LogP contribution in [0.5, 0.6) is 0 Å². The van der Waals surface area contributed by atoms with Gasteiger partial charge in [-0.2, -0.15) is 0 Å². The van der Waals surface area contributed by atoms with Crippen LogP contribution < -0.4 is 16.8 Å². The predicted molar refractivity (Wildman–Crippen MR) is 178 cm³/mol. The molecule has 0 bridgehead atoms. The molecule has 5 N–H and O–H groups in total. The van der Waals surface area contributed by atoms with Gasteiger partial charge in [0.15, 0.2) is 0 Å². The van der Waals surface area contributed by atoms with Crippen molar-refractivity contribution in [1.82, 2.24) is 19.8 Å². The van der Waals surface area contributed by atoms with Crippen LogP contribution in [0.2, 0.25) is 5.02 Å². The average Bonchev–Trinajstić information content (AvgIpc) is 3.00. The molecule has 1 amide bonds. The predicted octanol–water partition coefficient (Wildman–Crippen LogP) is 5.79. The number of hydrogen-bond acceptors (Lipinski definition) is 7. The molecule has 10 heteroatoms. The quantitative estimate of drug-likeness (QED) is 0.145. The topological polar surface area (TPSA) is 113 Å². The van der Waals surface area contributed by atoms with E-state index in [9.17, 15) is 4.79 Å². The molecule has 2 unspecified atom stereocenters. The summed E-state index contributed by atoms with van der Waals surface area (Å²) in [6, 6.07) is 15.8. The van der Waals surface area contributed by atoms with Gasteiger partial charge in [-0.15, -0.1) is 0 Å². The van der Waals surface area contributed by atoms with Gasteiger partial charge in [-0.3, -0.25) is 14.6 Å². The molecule has 0 aliphatic carbocycles. The van der Waals surface area contributed by atoms with Gasteiger partial charge in [-0.05, 0) is 67.7 Å². The second kappa shape index (κ2) is 16.5. The molecule has 1 aromatic heterocycles. The Balaban J connectivity index is 1.39. The Bertz CT molecular complexity index is 1420. The molecule has 0 radical (unpaired) electrons. The normalized spacial score (nSPS) is 16.4. The van der Waals surface area contributed by atoms with Crippen LogP contribution >= 0.6 is 23.2 Å². The van der Waals surface area contributed by atoms with Gasteiger partial charge in [0.25, 0.3) is 0 Å². The van der Waals surface area contributed by atoms with Crippen molar-refractivity contribution in [2.75, 3.05) is 38.0 Å². The number of unbranched alkanes of at least 4 members (excludes halogenated alkanes) is 1. The Kier molecular flexibility index (Phi) is 12.6. The average molecular weight is 623 g/mol. The number of halogens is 2. The third kappa shape index (κ3) is 9.88. The van der Waals surface area contributed by atoms with Gasteiger partial charge in [-0.25, -0.2) is 9.97 Å². The molecule has 228 valence electrons. The molecule has 2 heterocycles. The molecule has 4 rings (SSSR count). The van der Waals surface area contributed by atoms with Crippen molar-refractivity contribution in [3.63, 3.8) is 0 Å². The second-order valence-electron chi connectivity index (χ2n) is 10.7. The smallest absolute Gasteiger partial charge is 0.234 e. The number of hydrogen-bond donors (Lipinski definition) is 3. The Labute approximate surface area is 264 Å². The molecule has 43 heavy (non-hydrogen) atoms. The zero-order valence-electron chi connectivity index (χ0n) is 24.5. The van der Waals surface area contributed by atoms with Crippen molar-refractivity contribution in [2.24, 2.45) is 11.5 Å². The first-order valence-electron chi connectivity index (χ1n) is 14.7. The van der Waals surface area contributed by atoms with Crippen molar-refractivity contribution in [3.05, 3.63) is 101 Å². The van der Waals surface area contributed by atoms with E-state index in [1.165, 1.54) is 5.56 Å². The number of carbonyl (C=O) groups excluding carboxylic acids is 1. The van der Waals surface area contributed by atoms with E-state index in [0.717, 1.165) is 79.6 Å². The van der Waals surface area contributed by atoms with Crippen molar-refractivity contribution < 1.29 is 4.79 Å². The summed E-state index contributed by atoms with van der Waals surface area (Å²) in [4.78, 5) is 25.9. The molecule has 2 aromatic carbocycles. The molecule has 1 saturated heterocycles. The van der Waals surface area contributed by atoms with E-state index >= 15 is 0 Å². The van der Waals surface area contributed by atoms with E-state index in [1.54, 1.807) is 12.2 Å². The highest BCUT2D eigenvalue weighted by atomic mass is 35.5. The summed E-state index contributed by atoms with van der Waals surface area (Å²) >= 11 is 12.4. The Morgan fingerprint density at radius 2 is 1.81 bits per heavy atom. The molecular weight excluding hydrogens is 581 g/mol. The van der Waals surface area contributed by atoms with E-state index in [2.05, 4.69) is 39.9 Å². The number of anilines is 1. The van der Waals surface area contributed by atoms with Crippen LogP contribution in [0.1, 0.15) is 43.1 Å². The maximum absolute atomic E-state index is 11.2. The van der Waals surface area contributed by atoms with Crippen LogP contribution in [-0.4, -0.2) is 64.4 Å². The first kappa shape index (κ1) is 32.6. The lowest BCUT2D eigenvalue weighted by Gasteiger charge is -2.39. The van der Waals surface area contributed by atoms with E-state index in [0.29, 0.717) is 18.0 Å². The summed E-state index contributed by atoms with van der Waals surface area (Å²) in [7, 11) is 0. The zero-order valence-corrected chi connectivity index (χ0v) is 26.0. The largest absolute Gasteiger partial charge is 0.369 e. The lowest BCUT2D eigenvalue weighted by molar-refractivity contribution is -0.119. The Morgan fingerprint density at radius 1 is 1.07 bits per heavy atom. The van der Waals surface area contributed by atoms with Crippen LogP contribution in [0.3, 0.4) is 0 Å². The minimum atomic E-state index is -0.595. The third-order valence-electron chi connectivity index (χ3n) is 7.63. The van der Waals surface area contributed by atoms with Crippen molar-refractivity contribution in [2.45, 2.75) is 44.3 Å². The molecule has 0 saturated carbocycles. The number of rotatable bonds is 15. The van der Waals surface area contributed by atoms with Gasteiger partial charge in [-0.1, -0.05) is 66.2 Å². The number of allylic oxidation sites excluding steroid dienone is 4. The fraction of sp³-hybridized carbons (Fsp3) is 0.364. The van der Waals surface area contributed by atoms with Gasteiger partial charge < -0.3 is 16.8 Å². The summed E-state index contributed by atoms with van der Waals surface area (Å²) in [6.45, 7) is 8.76. The number of benzene rings is 2. The van der Waals surface area contributed by atoms with Gasteiger partial charge in [0.05, 0.1) is 18.1 Å². The molecule has 1 aliphatic rings. The van der Waals surface area contributed by atoms with E-state index in [1.807, 2.05) is 42.5 Å². The summed E-state index contributed by atoms with van der Waals surface area (Å²) < 4.78 is 0. The molecule has 3 aromatic rings. The maximum atomic E-state index is 11.2. The van der Waals surface area contributed by atoms with Gasteiger partial charge >= 0.3 is 0 Å². The van der Waals surface area contributed by atoms with Gasteiger partial charge in [0, 0.05) is 54.2 Å². The molecule has 2 atom stereocenters. The molecule has 8 nitrogen and oxygen atoms in total. The summed E-state index contributed by atoms with van der Waals surface area (Å²) in [6.07, 6.45) is 10.6. The number of nitrogens with zero attached hydrogens (tertiary/aromatic N) is 4. The number of primary amides is 1. The first-order chi connectivity index (χ1) is 20.8. The van der Waals surface area contributed by atoms with Crippen LogP contribution in [0.25, 0.3) is 10.9 Å². The Hall–Kier alpha value is -3.27. The lowest BCUT2D eigenvalue weighted by atomic mass is 10.0. The number of piperazine rings is 1. The van der Waals surface area contributed by atoms with E-state index in [-0.39, 0.29) is 6.04 Å². The van der Waals surface area contributed by atoms with Crippen LogP contribution in [-0.2, 0) is 11.3 Å². The number of nitrogens with one attached hydrogen (secondary N) is 1. The fourth-order valence-corrected chi connectivity index (χ4v) is 5.56. The van der Waals surface area contributed by atoms with Crippen LogP contribution in [0.15, 0.2) is 84.4 Å². The zero-order chi connectivity index (χ0) is 30.6. The highest BCUT2D eigenvalue weighted by molar-refractivity contribution is 6.31. The minimum absolute atomic E-state index is 0.217. The van der Waals surface area contributed by atoms with E-state index < -0.39 is 11.9 Å². The molecule has 0 spiro atoms.